The van der Waals surface area contributed by atoms with Crippen molar-refractivity contribution in [3.8, 4) is 0 Å². The van der Waals surface area contributed by atoms with Gasteiger partial charge in [0.25, 0.3) is 0 Å². The summed E-state index contributed by atoms with van der Waals surface area (Å²) >= 11 is 0. The second-order valence-electron chi connectivity index (χ2n) is 2.79. The summed E-state index contributed by atoms with van der Waals surface area (Å²) in [6, 6.07) is 10.3. The molecule has 0 fully saturated rings. The van der Waals surface area contributed by atoms with Gasteiger partial charge in [0.15, 0.2) is 0 Å². The molecule has 0 aliphatic heterocycles. The molecule has 0 saturated carbocycles. The number of allylic oxidation sites excluding steroid dienone is 4. The van der Waals surface area contributed by atoms with Gasteiger partial charge in [-0.3, -0.25) is 0 Å². The molecule has 1 rings (SSSR count). The normalized spacial score (nSPS) is 10.9. The van der Waals surface area contributed by atoms with Crippen molar-refractivity contribution in [3.05, 3.63) is 67.3 Å². The predicted molar refractivity (Wildman–Crippen MR) is 59.4 cm³/mol. The van der Waals surface area contributed by atoms with Crippen LogP contribution in [0.3, 0.4) is 0 Å². The summed E-state index contributed by atoms with van der Waals surface area (Å²) in [6.45, 7) is 7.43. The van der Waals surface area contributed by atoms with E-state index in [4.69, 9.17) is 0 Å². The fourth-order valence-electron chi connectivity index (χ4n) is 1.23. The first kappa shape index (κ1) is 9.53. The lowest BCUT2D eigenvalue weighted by Crippen LogP contribution is -1.81. The lowest BCUT2D eigenvalue weighted by atomic mass is 10.0. The van der Waals surface area contributed by atoms with Crippen molar-refractivity contribution in [3.63, 3.8) is 0 Å². The maximum atomic E-state index is 3.73. The van der Waals surface area contributed by atoms with Crippen molar-refractivity contribution in [2.24, 2.45) is 0 Å². The Labute approximate surface area is 79.9 Å². The van der Waals surface area contributed by atoms with Crippen LogP contribution in [0.1, 0.15) is 12.0 Å². The van der Waals surface area contributed by atoms with E-state index in [0.717, 1.165) is 6.42 Å². The van der Waals surface area contributed by atoms with Crippen molar-refractivity contribution < 1.29 is 0 Å². The monoisotopic (exact) mass is 170 g/mol. The van der Waals surface area contributed by atoms with Crippen LogP contribution in [0.2, 0.25) is 0 Å². The van der Waals surface area contributed by atoms with E-state index >= 15 is 0 Å². The Hall–Kier alpha value is -1.56. The summed E-state index contributed by atoms with van der Waals surface area (Å²) in [4.78, 5) is 0. The highest BCUT2D eigenvalue weighted by atomic mass is 14.0. The Morgan fingerprint density at radius 3 is 2.38 bits per heavy atom. The third kappa shape index (κ3) is 2.75. The molecule has 0 amide bonds. The molecule has 0 aliphatic rings. The minimum absolute atomic E-state index is 0.885. The van der Waals surface area contributed by atoms with Crippen LogP contribution in [0.4, 0.5) is 0 Å². The Morgan fingerprint density at radius 1 is 1.15 bits per heavy atom. The maximum Gasteiger partial charge on any atom is -0.00942 e. The largest absolute Gasteiger partial charge is 0.103 e. The van der Waals surface area contributed by atoms with Gasteiger partial charge < -0.3 is 0 Å². The molecule has 13 heavy (non-hydrogen) atoms. The predicted octanol–water partition coefficient (Wildman–Crippen LogP) is 3.83. The first-order chi connectivity index (χ1) is 6.38. The van der Waals surface area contributed by atoms with Gasteiger partial charge in [0.1, 0.15) is 0 Å². The van der Waals surface area contributed by atoms with Crippen LogP contribution in [0.15, 0.2) is 61.7 Å². The van der Waals surface area contributed by atoms with Gasteiger partial charge in [-0.1, -0.05) is 55.1 Å². The average Bonchev–Trinajstić information content (AvgIpc) is 2.19. The molecule has 0 nitrogen and oxygen atoms in total. The first-order valence-corrected chi connectivity index (χ1v) is 4.36. The molecule has 0 unspecified atom stereocenters. The molecule has 0 heterocycles. The summed E-state index contributed by atoms with van der Waals surface area (Å²) in [5.41, 5.74) is 2.49. The van der Waals surface area contributed by atoms with Crippen molar-refractivity contribution in [1.29, 1.82) is 0 Å². The van der Waals surface area contributed by atoms with Crippen molar-refractivity contribution in [2.45, 2.75) is 6.42 Å². The second kappa shape index (κ2) is 5.15. The molecule has 0 radical (unpaired) electrons. The summed E-state index contributed by atoms with van der Waals surface area (Å²) in [5.74, 6) is 0. The van der Waals surface area contributed by atoms with Crippen molar-refractivity contribution in [2.75, 3.05) is 0 Å². The fourth-order valence-corrected chi connectivity index (χ4v) is 1.23. The smallest absolute Gasteiger partial charge is 0.00942 e. The molecule has 0 heteroatoms. The molecule has 0 spiro atoms. The Bertz CT molecular complexity index is 304. The molecule has 0 N–H and O–H groups in total. The highest BCUT2D eigenvalue weighted by molar-refractivity contribution is 5.67. The van der Waals surface area contributed by atoms with Gasteiger partial charge >= 0.3 is 0 Å². The third-order valence-electron chi connectivity index (χ3n) is 1.83. The topological polar surface area (TPSA) is 0 Å². The summed E-state index contributed by atoms with van der Waals surface area (Å²) in [5, 5.41) is 0. The van der Waals surface area contributed by atoms with Crippen LogP contribution >= 0.6 is 0 Å². The van der Waals surface area contributed by atoms with E-state index in [-0.39, 0.29) is 0 Å². The third-order valence-corrected chi connectivity index (χ3v) is 1.83. The Balaban J connectivity index is 2.95. The average molecular weight is 170 g/mol. The maximum absolute atomic E-state index is 3.73. The second-order valence-corrected chi connectivity index (χ2v) is 2.79. The molecule has 0 aliphatic carbocycles. The van der Waals surface area contributed by atoms with Crippen LogP contribution in [0, 0.1) is 0 Å². The molecule has 1 aromatic carbocycles. The number of hydrogen-bond acceptors (Lipinski definition) is 0. The van der Waals surface area contributed by atoms with Crippen LogP contribution in [0.25, 0.3) is 5.57 Å². The van der Waals surface area contributed by atoms with Gasteiger partial charge in [-0.05, 0) is 17.6 Å². The van der Waals surface area contributed by atoms with Crippen molar-refractivity contribution >= 4 is 5.57 Å². The standard InChI is InChI=1S/C13H14/c1-3-8-12(9-4-2)13-10-6-5-7-11-13/h3-8,10-11H,1-2,9H2/b12-8+. The zero-order chi connectivity index (χ0) is 9.52. The zero-order valence-corrected chi connectivity index (χ0v) is 7.74. The lowest BCUT2D eigenvalue weighted by molar-refractivity contribution is 1.40. The lowest BCUT2D eigenvalue weighted by Gasteiger charge is -2.02. The highest BCUT2D eigenvalue weighted by Crippen LogP contribution is 2.17. The molecule has 0 bridgehead atoms. The zero-order valence-electron chi connectivity index (χ0n) is 7.74. The first-order valence-electron chi connectivity index (χ1n) is 4.36. The fraction of sp³-hybridized carbons (Fsp3) is 0.0769. The molecule has 0 saturated heterocycles. The van der Waals surface area contributed by atoms with E-state index in [1.54, 1.807) is 0 Å². The van der Waals surface area contributed by atoms with Crippen LogP contribution in [-0.2, 0) is 0 Å². The Morgan fingerprint density at radius 2 is 1.85 bits per heavy atom. The van der Waals surface area contributed by atoms with E-state index in [2.05, 4.69) is 25.3 Å². The minimum atomic E-state index is 0.885. The summed E-state index contributed by atoms with van der Waals surface area (Å²) in [7, 11) is 0. The molecule has 0 atom stereocenters. The number of benzene rings is 1. The quantitative estimate of drug-likeness (QED) is 0.476. The van der Waals surface area contributed by atoms with E-state index in [0.29, 0.717) is 0 Å². The SMILES string of the molecule is C=C/C=C(\CC=C)c1ccccc1. The van der Waals surface area contributed by atoms with Crippen LogP contribution < -0.4 is 0 Å². The Kier molecular flexibility index (Phi) is 3.77. The van der Waals surface area contributed by atoms with E-state index < -0.39 is 0 Å². The molecular formula is C13H14. The van der Waals surface area contributed by atoms with Crippen LogP contribution in [-0.4, -0.2) is 0 Å². The van der Waals surface area contributed by atoms with Gasteiger partial charge in [0.2, 0.25) is 0 Å². The molecule has 0 aromatic heterocycles. The van der Waals surface area contributed by atoms with Gasteiger partial charge in [0, 0.05) is 0 Å². The molecule has 1 aromatic rings. The molecular weight excluding hydrogens is 156 g/mol. The van der Waals surface area contributed by atoms with Crippen molar-refractivity contribution in [1.82, 2.24) is 0 Å². The van der Waals surface area contributed by atoms with Gasteiger partial charge in [-0.25, -0.2) is 0 Å². The minimum Gasteiger partial charge on any atom is -0.103 e. The highest BCUT2D eigenvalue weighted by Gasteiger charge is 1.95. The van der Waals surface area contributed by atoms with Gasteiger partial charge in [-0.15, -0.1) is 6.58 Å². The van der Waals surface area contributed by atoms with E-state index in [9.17, 15) is 0 Å². The summed E-state index contributed by atoms with van der Waals surface area (Å²) in [6.07, 6.45) is 6.63. The number of rotatable bonds is 4. The van der Waals surface area contributed by atoms with E-state index in [1.807, 2.05) is 36.4 Å². The van der Waals surface area contributed by atoms with Gasteiger partial charge in [-0.2, -0.15) is 0 Å². The summed E-state index contributed by atoms with van der Waals surface area (Å²) < 4.78 is 0. The molecule has 66 valence electrons. The van der Waals surface area contributed by atoms with Crippen LogP contribution in [0.5, 0.6) is 0 Å². The van der Waals surface area contributed by atoms with E-state index in [1.165, 1.54) is 11.1 Å². The van der Waals surface area contributed by atoms with Gasteiger partial charge in [0.05, 0.1) is 0 Å². The number of hydrogen-bond donors (Lipinski definition) is 0.